The highest BCUT2D eigenvalue weighted by Crippen LogP contribution is 2.30. The maximum Gasteiger partial charge on any atom is 0.416 e. The van der Waals surface area contributed by atoms with E-state index in [-0.39, 0.29) is 17.7 Å². The van der Waals surface area contributed by atoms with Crippen LogP contribution in [0.25, 0.3) is 11.4 Å². The first-order valence-electron chi connectivity index (χ1n) is 8.76. The lowest BCUT2D eigenvalue weighted by Gasteiger charge is -2.30. The summed E-state index contributed by atoms with van der Waals surface area (Å²) < 4.78 is 48.2. The molecular formula is C18H20F3N3O3. The molecule has 27 heavy (non-hydrogen) atoms. The quantitative estimate of drug-likeness (QED) is 0.736. The Morgan fingerprint density at radius 3 is 2.74 bits per heavy atom. The van der Waals surface area contributed by atoms with E-state index in [0.29, 0.717) is 31.2 Å². The Bertz CT molecular complexity index is 774. The van der Waals surface area contributed by atoms with Crippen LogP contribution in [0.1, 0.15) is 31.2 Å². The van der Waals surface area contributed by atoms with Crippen molar-refractivity contribution < 1.29 is 27.2 Å². The van der Waals surface area contributed by atoms with Gasteiger partial charge in [-0.25, -0.2) is 0 Å². The number of ether oxygens (including phenoxy) is 1. The number of nitrogens with zero attached hydrogens (tertiary/aromatic N) is 3. The highest BCUT2D eigenvalue weighted by Gasteiger charge is 2.30. The molecule has 0 bridgehead atoms. The van der Waals surface area contributed by atoms with E-state index in [1.54, 1.807) is 6.92 Å². The van der Waals surface area contributed by atoms with E-state index < -0.39 is 11.7 Å². The van der Waals surface area contributed by atoms with Gasteiger partial charge in [-0.15, -0.1) is 0 Å². The second-order valence-electron chi connectivity index (χ2n) is 6.41. The van der Waals surface area contributed by atoms with E-state index in [2.05, 4.69) is 10.1 Å². The normalized spacial score (nSPS) is 18.4. The van der Waals surface area contributed by atoms with E-state index in [1.807, 2.05) is 4.90 Å². The molecular weight excluding hydrogens is 363 g/mol. The van der Waals surface area contributed by atoms with Crippen molar-refractivity contribution >= 4 is 5.97 Å². The molecule has 2 aromatic rings. The van der Waals surface area contributed by atoms with E-state index in [1.165, 1.54) is 12.1 Å². The van der Waals surface area contributed by atoms with Crippen molar-refractivity contribution in [1.82, 2.24) is 15.0 Å². The van der Waals surface area contributed by atoms with Gasteiger partial charge in [-0.1, -0.05) is 17.3 Å². The molecule has 0 amide bonds. The summed E-state index contributed by atoms with van der Waals surface area (Å²) in [6.45, 7) is 3.86. The number of halogens is 3. The summed E-state index contributed by atoms with van der Waals surface area (Å²) in [6, 6.07) is 4.60. The number of rotatable bonds is 5. The fourth-order valence-corrected chi connectivity index (χ4v) is 3.09. The summed E-state index contributed by atoms with van der Waals surface area (Å²) in [5.41, 5.74) is -0.283. The number of alkyl halides is 3. The fourth-order valence-electron chi connectivity index (χ4n) is 3.09. The van der Waals surface area contributed by atoms with Crippen LogP contribution in [0, 0.1) is 5.92 Å². The van der Waals surface area contributed by atoms with Crippen molar-refractivity contribution in [2.24, 2.45) is 5.92 Å². The van der Waals surface area contributed by atoms with Crippen molar-refractivity contribution in [1.29, 1.82) is 0 Å². The Balaban J connectivity index is 1.63. The van der Waals surface area contributed by atoms with Crippen molar-refractivity contribution in [2.75, 3.05) is 19.7 Å². The van der Waals surface area contributed by atoms with Crippen molar-refractivity contribution in [3.05, 3.63) is 35.7 Å². The van der Waals surface area contributed by atoms with Crippen molar-refractivity contribution in [2.45, 2.75) is 32.5 Å². The van der Waals surface area contributed by atoms with Gasteiger partial charge in [0.25, 0.3) is 0 Å². The predicted molar refractivity (Wildman–Crippen MR) is 89.4 cm³/mol. The van der Waals surface area contributed by atoms with E-state index in [9.17, 15) is 18.0 Å². The second-order valence-corrected chi connectivity index (χ2v) is 6.41. The molecule has 2 heterocycles. The third-order valence-electron chi connectivity index (χ3n) is 4.42. The van der Waals surface area contributed by atoms with E-state index in [4.69, 9.17) is 9.26 Å². The standard InChI is InChI=1S/C18H20F3N3O3/c1-2-26-17(25)13-4-3-9-24(10-13)11-15-22-16(23-27-15)12-5-7-14(8-6-12)18(19,20)21/h5-8,13H,2-4,9-11H2,1H3/t13-/m0/s1. The molecule has 1 aliphatic heterocycles. The van der Waals surface area contributed by atoms with Crippen LogP contribution in [0.3, 0.4) is 0 Å². The largest absolute Gasteiger partial charge is 0.466 e. The summed E-state index contributed by atoms with van der Waals surface area (Å²) in [6.07, 6.45) is -2.73. The molecule has 0 spiro atoms. The monoisotopic (exact) mass is 383 g/mol. The van der Waals surface area contributed by atoms with Crippen LogP contribution in [-0.2, 0) is 22.3 Å². The molecule has 0 unspecified atom stereocenters. The maximum absolute atomic E-state index is 12.6. The number of hydrogen-bond donors (Lipinski definition) is 0. The molecule has 1 saturated heterocycles. The number of carbonyl (C=O) groups excluding carboxylic acids is 1. The molecule has 0 saturated carbocycles. The van der Waals surface area contributed by atoms with Crippen molar-refractivity contribution in [3.8, 4) is 11.4 Å². The lowest BCUT2D eigenvalue weighted by molar-refractivity contribution is -0.150. The van der Waals surface area contributed by atoms with Gasteiger partial charge >= 0.3 is 12.1 Å². The topological polar surface area (TPSA) is 68.5 Å². The van der Waals surface area contributed by atoms with Crippen LogP contribution in [0.4, 0.5) is 13.2 Å². The smallest absolute Gasteiger partial charge is 0.416 e. The minimum Gasteiger partial charge on any atom is -0.466 e. The molecule has 1 aromatic heterocycles. The van der Waals surface area contributed by atoms with E-state index in [0.717, 1.165) is 31.5 Å². The van der Waals surface area contributed by atoms with Gasteiger partial charge in [0.05, 0.1) is 24.6 Å². The number of benzene rings is 1. The van der Waals surface area contributed by atoms with Gasteiger partial charge in [0.1, 0.15) is 0 Å². The van der Waals surface area contributed by atoms with Gasteiger partial charge in [0, 0.05) is 12.1 Å². The molecule has 146 valence electrons. The average molecular weight is 383 g/mol. The Morgan fingerprint density at radius 1 is 1.33 bits per heavy atom. The molecule has 1 aliphatic rings. The number of aromatic nitrogens is 2. The van der Waals surface area contributed by atoms with Crippen LogP contribution in [0.15, 0.2) is 28.8 Å². The van der Waals surface area contributed by atoms with Crippen LogP contribution in [0.2, 0.25) is 0 Å². The second kappa shape index (κ2) is 8.08. The predicted octanol–water partition coefficient (Wildman–Crippen LogP) is 3.53. The first kappa shape index (κ1) is 19.3. The van der Waals surface area contributed by atoms with Crippen LogP contribution >= 0.6 is 0 Å². The van der Waals surface area contributed by atoms with Crippen LogP contribution in [0.5, 0.6) is 0 Å². The average Bonchev–Trinajstić information content (AvgIpc) is 3.10. The molecule has 6 nitrogen and oxygen atoms in total. The minimum absolute atomic E-state index is 0.170. The van der Waals surface area contributed by atoms with Gasteiger partial charge in [-0.2, -0.15) is 18.2 Å². The number of carbonyl (C=O) groups is 1. The SMILES string of the molecule is CCOC(=O)[C@H]1CCCN(Cc2nc(-c3ccc(C(F)(F)F)cc3)no2)C1. The Kier molecular flexibility index (Phi) is 5.79. The molecule has 3 rings (SSSR count). The molecule has 0 N–H and O–H groups in total. The molecule has 1 fully saturated rings. The van der Waals surface area contributed by atoms with Crippen molar-refractivity contribution in [3.63, 3.8) is 0 Å². The summed E-state index contributed by atoms with van der Waals surface area (Å²) >= 11 is 0. The zero-order valence-electron chi connectivity index (χ0n) is 14.8. The summed E-state index contributed by atoms with van der Waals surface area (Å²) in [7, 11) is 0. The summed E-state index contributed by atoms with van der Waals surface area (Å²) in [4.78, 5) is 18.2. The third-order valence-corrected chi connectivity index (χ3v) is 4.42. The molecule has 9 heteroatoms. The van der Waals surface area contributed by atoms with E-state index >= 15 is 0 Å². The third kappa shape index (κ3) is 4.85. The number of esters is 1. The zero-order valence-corrected chi connectivity index (χ0v) is 14.8. The van der Waals surface area contributed by atoms with Gasteiger partial charge in [-0.3, -0.25) is 9.69 Å². The maximum atomic E-state index is 12.6. The Hall–Kier alpha value is -2.42. The molecule has 0 aliphatic carbocycles. The summed E-state index contributed by atoms with van der Waals surface area (Å²) in [5.74, 6) is 0.223. The summed E-state index contributed by atoms with van der Waals surface area (Å²) in [5, 5.41) is 3.84. The lowest BCUT2D eigenvalue weighted by Crippen LogP contribution is -2.39. The highest BCUT2D eigenvalue weighted by atomic mass is 19.4. The lowest BCUT2D eigenvalue weighted by atomic mass is 9.98. The first-order chi connectivity index (χ1) is 12.9. The number of piperidine rings is 1. The molecule has 1 aromatic carbocycles. The fraction of sp³-hybridized carbons (Fsp3) is 0.500. The van der Waals surface area contributed by atoms with Crippen LogP contribution < -0.4 is 0 Å². The number of likely N-dealkylation sites (tertiary alicyclic amines) is 1. The Labute approximate surface area is 154 Å². The van der Waals surface area contributed by atoms with Gasteiger partial charge in [0.2, 0.25) is 11.7 Å². The Morgan fingerprint density at radius 2 is 2.07 bits per heavy atom. The molecule has 0 radical (unpaired) electrons. The van der Waals surface area contributed by atoms with Gasteiger partial charge in [0.15, 0.2) is 0 Å². The molecule has 1 atom stereocenters. The van der Waals surface area contributed by atoms with Crippen LogP contribution in [-0.4, -0.2) is 40.7 Å². The van der Waals surface area contributed by atoms with Gasteiger partial charge < -0.3 is 9.26 Å². The first-order valence-corrected chi connectivity index (χ1v) is 8.76. The zero-order chi connectivity index (χ0) is 19.4. The number of hydrogen-bond acceptors (Lipinski definition) is 6. The van der Waals surface area contributed by atoms with Gasteiger partial charge in [-0.05, 0) is 38.4 Å². The minimum atomic E-state index is -4.38. The highest BCUT2D eigenvalue weighted by molar-refractivity contribution is 5.72.